The second-order valence-electron chi connectivity index (χ2n) is 4.89. The van der Waals surface area contributed by atoms with Crippen molar-refractivity contribution in [1.29, 1.82) is 0 Å². The third-order valence-corrected chi connectivity index (χ3v) is 2.92. The van der Waals surface area contributed by atoms with Crippen LogP contribution in [0.1, 0.15) is 13.8 Å². The van der Waals surface area contributed by atoms with Gasteiger partial charge in [-0.15, -0.1) is 0 Å². The monoisotopic (exact) mass is 264 g/mol. The third kappa shape index (κ3) is 2.11. The maximum atomic E-state index is 12.1. The van der Waals surface area contributed by atoms with Gasteiger partial charge in [-0.2, -0.15) is 0 Å². The highest BCUT2D eigenvalue weighted by molar-refractivity contribution is 5.71. The number of rotatable bonds is 4. The van der Waals surface area contributed by atoms with Gasteiger partial charge in [-0.1, -0.05) is 13.8 Å². The highest BCUT2D eigenvalue weighted by Crippen LogP contribution is 2.08. The quantitative estimate of drug-likeness (QED) is 0.713. The lowest BCUT2D eigenvalue weighted by Crippen LogP contribution is -2.39. The summed E-state index contributed by atoms with van der Waals surface area (Å²) < 4.78 is 3.98. The predicted molar refractivity (Wildman–Crippen MR) is 70.1 cm³/mol. The van der Waals surface area contributed by atoms with Crippen LogP contribution in [0, 0.1) is 5.92 Å². The van der Waals surface area contributed by atoms with Crippen LogP contribution in [0.5, 0.6) is 0 Å². The number of hydrogen-bond acceptors (Lipinski definition) is 4. The zero-order valence-electron chi connectivity index (χ0n) is 11.2. The van der Waals surface area contributed by atoms with E-state index in [2.05, 4.69) is 4.98 Å². The van der Waals surface area contributed by atoms with Gasteiger partial charge in [0.1, 0.15) is 6.29 Å². The van der Waals surface area contributed by atoms with Crippen LogP contribution in [0.4, 0.5) is 0 Å². The molecule has 0 atom stereocenters. The summed E-state index contributed by atoms with van der Waals surface area (Å²) in [5.74, 6) is 0.245. The molecule has 0 saturated carbocycles. The molecule has 0 unspecified atom stereocenters. The topological polar surface area (TPSA) is 78.9 Å². The van der Waals surface area contributed by atoms with E-state index in [4.69, 9.17) is 0 Å². The van der Waals surface area contributed by atoms with Crippen LogP contribution in [0.25, 0.3) is 11.2 Å². The Balaban J connectivity index is 2.86. The van der Waals surface area contributed by atoms with Crippen LogP contribution in [-0.4, -0.2) is 25.0 Å². The maximum absolute atomic E-state index is 12.1. The van der Waals surface area contributed by atoms with E-state index in [9.17, 15) is 14.4 Å². The van der Waals surface area contributed by atoms with Crippen molar-refractivity contribution in [2.45, 2.75) is 26.9 Å². The van der Waals surface area contributed by atoms with Gasteiger partial charge in [0.05, 0.1) is 12.9 Å². The number of nitrogens with zero attached hydrogens (tertiary/aromatic N) is 4. The molecular weight excluding hydrogens is 248 g/mol. The number of carbonyl (C=O) groups is 1. The zero-order valence-corrected chi connectivity index (χ0v) is 11.2. The maximum Gasteiger partial charge on any atom is 0.332 e. The Hall–Kier alpha value is -2.18. The molecule has 0 radical (unpaired) electrons. The van der Waals surface area contributed by atoms with Gasteiger partial charge in [-0.25, -0.2) is 9.78 Å². The number of hydrogen-bond donors (Lipinski definition) is 0. The summed E-state index contributed by atoms with van der Waals surface area (Å²) in [6.07, 6.45) is 2.11. The number of aldehydes is 1. The number of aromatic nitrogens is 4. The molecule has 0 amide bonds. The van der Waals surface area contributed by atoms with Gasteiger partial charge in [0.15, 0.2) is 11.2 Å². The highest BCUT2D eigenvalue weighted by Gasteiger charge is 2.16. The number of fused-ring (bicyclic) bond motifs is 1. The van der Waals surface area contributed by atoms with E-state index in [1.807, 2.05) is 13.8 Å². The summed E-state index contributed by atoms with van der Waals surface area (Å²) in [4.78, 5) is 39.0. The van der Waals surface area contributed by atoms with Crippen LogP contribution in [-0.2, 0) is 24.9 Å². The van der Waals surface area contributed by atoms with E-state index in [1.54, 1.807) is 0 Å². The molecule has 0 bridgehead atoms. The fourth-order valence-electron chi connectivity index (χ4n) is 2.05. The van der Waals surface area contributed by atoms with Crippen molar-refractivity contribution in [3.05, 3.63) is 27.2 Å². The normalized spacial score (nSPS) is 11.4. The number of carbonyl (C=O) groups excluding carboxylic acids is 1. The fourth-order valence-corrected chi connectivity index (χ4v) is 2.05. The van der Waals surface area contributed by atoms with Gasteiger partial charge >= 0.3 is 5.69 Å². The van der Waals surface area contributed by atoms with Crippen molar-refractivity contribution >= 4 is 17.5 Å². The second kappa shape index (κ2) is 4.83. The van der Waals surface area contributed by atoms with E-state index in [0.29, 0.717) is 18.5 Å². The Morgan fingerprint density at radius 2 is 2.05 bits per heavy atom. The van der Waals surface area contributed by atoms with Crippen molar-refractivity contribution in [2.75, 3.05) is 0 Å². The lowest BCUT2D eigenvalue weighted by molar-refractivity contribution is -0.108. The van der Waals surface area contributed by atoms with Crippen molar-refractivity contribution < 1.29 is 4.79 Å². The second-order valence-corrected chi connectivity index (χ2v) is 4.89. The van der Waals surface area contributed by atoms with E-state index in [0.717, 1.165) is 4.57 Å². The molecule has 0 N–H and O–H groups in total. The van der Waals surface area contributed by atoms with Crippen LogP contribution in [0.3, 0.4) is 0 Å². The molecule has 19 heavy (non-hydrogen) atoms. The van der Waals surface area contributed by atoms with Gasteiger partial charge in [-0.3, -0.25) is 13.9 Å². The Bertz CT molecular complexity index is 736. The Morgan fingerprint density at radius 3 is 2.63 bits per heavy atom. The van der Waals surface area contributed by atoms with Crippen molar-refractivity contribution in [3.63, 3.8) is 0 Å². The first-order valence-corrected chi connectivity index (χ1v) is 6.05. The van der Waals surface area contributed by atoms with Crippen LogP contribution in [0.2, 0.25) is 0 Å². The molecule has 7 heteroatoms. The van der Waals surface area contributed by atoms with Gasteiger partial charge in [0, 0.05) is 13.6 Å². The largest absolute Gasteiger partial charge is 0.332 e. The summed E-state index contributed by atoms with van der Waals surface area (Å²) in [5.41, 5.74) is -0.194. The molecule has 0 aliphatic rings. The molecule has 0 aliphatic heterocycles. The first kappa shape index (κ1) is 13.3. The van der Waals surface area contributed by atoms with Crippen LogP contribution in [0.15, 0.2) is 15.9 Å². The van der Waals surface area contributed by atoms with Crippen molar-refractivity contribution in [1.82, 2.24) is 18.7 Å². The summed E-state index contributed by atoms with van der Waals surface area (Å²) >= 11 is 0. The van der Waals surface area contributed by atoms with E-state index in [-0.39, 0.29) is 23.7 Å². The zero-order chi connectivity index (χ0) is 14.2. The molecule has 2 aromatic heterocycles. The summed E-state index contributed by atoms with van der Waals surface area (Å²) in [7, 11) is 1.43. The molecule has 2 rings (SSSR count). The molecule has 0 aliphatic carbocycles. The Labute approximate surface area is 109 Å². The molecule has 102 valence electrons. The van der Waals surface area contributed by atoms with Crippen molar-refractivity contribution in [2.24, 2.45) is 13.0 Å². The molecule has 0 spiro atoms. The fraction of sp³-hybridized carbons (Fsp3) is 0.500. The smallest absolute Gasteiger partial charge is 0.317 e. The molecule has 0 saturated heterocycles. The summed E-state index contributed by atoms with van der Waals surface area (Å²) in [6, 6.07) is 0. The predicted octanol–water partition coefficient (Wildman–Crippen LogP) is -0.248. The van der Waals surface area contributed by atoms with Gasteiger partial charge in [0.2, 0.25) is 0 Å². The highest BCUT2D eigenvalue weighted by atomic mass is 16.2. The Kier molecular flexibility index (Phi) is 3.37. The minimum Gasteiger partial charge on any atom is -0.317 e. The van der Waals surface area contributed by atoms with E-state index >= 15 is 0 Å². The molecule has 0 aromatic carbocycles. The molecule has 2 aromatic rings. The lowest BCUT2D eigenvalue weighted by Gasteiger charge is -2.11. The van der Waals surface area contributed by atoms with Crippen LogP contribution < -0.4 is 11.2 Å². The minimum atomic E-state index is -0.431. The van der Waals surface area contributed by atoms with Gasteiger partial charge < -0.3 is 9.36 Å². The standard InChI is InChI=1S/C12H16N4O3/c1-8(2)6-16-10-9(11(18)14(3)12(16)19)15(4-5-17)7-13-10/h5,7-8H,4,6H2,1-3H3. The molecule has 7 nitrogen and oxygen atoms in total. The van der Waals surface area contributed by atoms with Gasteiger partial charge in [0.25, 0.3) is 5.56 Å². The molecular formula is C12H16N4O3. The molecule has 2 heterocycles. The first-order valence-electron chi connectivity index (χ1n) is 6.05. The summed E-state index contributed by atoms with van der Waals surface area (Å²) in [5, 5.41) is 0. The molecule has 0 fully saturated rings. The summed E-state index contributed by atoms with van der Waals surface area (Å²) in [6.45, 7) is 4.48. The Morgan fingerprint density at radius 1 is 1.37 bits per heavy atom. The number of imidazole rings is 1. The van der Waals surface area contributed by atoms with E-state index < -0.39 is 5.56 Å². The average Bonchev–Trinajstić information content (AvgIpc) is 2.76. The minimum absolute atomic E-state index is 0.0472. The SMILES string of the molecule is CC(C)Cn1c(=O)n(C)c(=O)c2c1ncn2CC=O. The lowest BCUT2D eigenvalue weighted by atomic mass is 10.2. The first-order chi connectivity index (χ1) is 8.97. The van der Waals surface area contributed by atoms with Gasteiger partial charge in [-0.05, 0) is 5.92 Å². The van der Waals surface area contributed by atoms with Crippen LogP contribution >= 0.6 is 0 Å². The van der Waals surface area contributed by atoms with E-state index in [1.165, 1.54) is 22.5 Å². The third-order valence-electron chi connectivity index (χ3n) is 2.92. The average molecular weight is 264 g/mol. The van der Waals surface area contributed by atoms with Crippen molar-refractivity contribution in [3.8, 4) is 0 Å².